The van der Waals surface area contributed by atoms with Crippen molar-refractivity contribution in [2.75, 3.05) is 12.0 Å². The van der Waals surface area contributed by atoms with E-state index in [9.17, 15) is 4.79 Å². The molecule has 174 valence electrons. The molecular weight excluding hydrogens is 438 g/mol. The van der Waals surface area contributed by atoms with Gasteiger partial charge in [-0.3, -0.25) is 9.88 Å². The first-order valence-corrected chi connectivity index (χ1v) is 11.1. The first kappa shape index (κ1) is 24.5. The number of methoxy groups -OCH3 is 1. The van der Waals surface area contributed by atoms with Gasteiger partial charge in [0.15, 0.2) is 0 Å². The zero-order valence-corrected chi connectivity index (χ0v) is 20.9. The summed E-state index contributed by atoms with van der Waals surface area (Å²) in [5.41, 5.74) is 5.45. The van der Waals surface area contributed by atoms with Crippen molar-refractivity contribution in [1.29, 1.82) is 0 Å². The highest BCUT2D eigenvalue weighted by Crippen LogP contribution is 2.31. The third kappa shape index (κ3) is 6.02. The third-order valence-electron chi connectivity index (χ3n) is 5.11. The van der Waals surface area contributed by atoms with Crippen LogP contribution >= 0.6 is 11.6 Å². The van der Waals surface area contributed by atoms with Crippen LogP contribution in [0.15, 0.2) is 42.7 Å². The lowest BCUT2D eigenvalue weighted by Gasteiger charge is -2.28. The van der Waals surface area contributed by atoms with Gasteiger partial charge in [0.2, 0.25) is 0 Å². The van der Waals surface area contributed by atoms with E-state index in [1.54, 1.807) is 30.5 Å². The Morgan fingerprint density at radius 3 is 2.42 bits per heavy atom. The summed E-state index contributed by atoms with van der Waals surface area (Å²) in [4.78, 5) is 23.6. The molecule has 6 nitrogen and oxygen atoms in total. The van der Waals surface area contributed by atoms with Crippen molar-refractivity contribution in [3.8, 4) is 16.9 Å². The standard InChI is InChI=1S/C26H30ClN3O3/c1-16-10-20(19-8-9-28-23(27)13-19)12-21(11-16)30(25(31)33-26(4,5)6)15-22-18(3)24(32-7)17(2)14-29-22/h8-14H,15H2,1-7H3. The average molecular weight is 468 g/mol. The molecule has 0 N–H and O–H groups in total. The minimum absolute atomic E-state index is 0.234. The lowest BCUT2D eigenvalue weighted by atomic mass is 10.0. The van der Waals surface area contributed by atoms with Crippen molar-refractivity contribution in [2.24, 2.45) is 0 Å². The number of carbonyl (C=O) groups is 1. The van der Waals surface area contributed by atoms with Gasteiger partial charge in [-0.1, -0.05) is 17.7 Å². The lowest BCUT2D eigenvalue weighted by Crippen LogP contribution is -2.37. The van der Waals surface area contributed by atoms with Crippen LogP contribution in [0, 0.1) is 20.8 Å². The number of pyridine rings is 2. The minimum Gasteiger partial charge on any atom is -0.496 e. The van der Waals surface area contributed by atoms with E-state index >= 15 is 0 Å². The van der Waals surface area contributed by atoms with Gasteiger partial charge < -0.3 is 9.47 Å². The fraction of sp³-hybridized carbons (Fsp3) is 0.346. The molecule has 2 aromatic heterocycles. The summed E-state index contributed by atoms with van der Waals surface area (Å²) < 4.78 is 11.3. The Hall–Kier alpha value is -3.12. The first-order valence-electron chi connectivity index (χ1n) is 10.7. The Morgan fingerprint density at radius 1 is 1.06 bits per heavy atom. The van der Waals surface area contributed by atoms with Crippen LogP contribution in [0.5, 0.6) is 5.75 Å². The molecule has 0 aliphatic heterocycles. The summed E-state index contributed by atoms with van der Waals surface area (Å²) in [7, 11) is 1.64. The summed E-state index contributed by atoms with van der Waals surface area (Å²) in [6.45, 7) is 11.7. The third-order valence-corrected chi connectivity index (χ3v) is 5.31. The Balaban J connectivity index is 2.10. The Labute approximate surface area is 200 Å². The van der Waals surface area contributed by atoms with Crippen LogP contribution in [0.1, 0.15) is 43.2 Å². The molecule has 0 atom stereocenters. The predicted molar refractivity (Wildman–Crippen MR) is 132 cm³/mol. The molecule has 3 rings (SSSR count). The Bertz CT molecular complexity index is 1170. The van der Waals surface area contributed by atoms with E-state index in [0.29, 0.717) is 10.8 Å². The molecule has 0 aliphatic rings. The molecule has 0 bridgehead atoms. The van der Waals surface area contributed by atoms with E-state index in [-0.39, 0.29) is 6.54 Å². The molecule has 0 saturated carbocycles. The van der Waals surface area contributed by atoms with Crippen LogP contribution in [-0.4, -0.2) is 28.8 Å². The van der Waals surface area contributed by atoms with Crippen LogP contribution < -0.4 is 9.64 Å². The summed E-state index contributed by atoms with van der Waals surface area (Å²) >= 11 is 6.11. The summed E-state index contributed by atoms with van der Waals surface area (Å²) in [6.07, 6.45) is 2.97. The quantitative estimate of drug-likeness (QED) is 0.392. The molecule has 3 aromatic rings. The van der Waals surface area contributed by atoms with Gasteiger partial charge in [0, 0.05) is 29.2 Å². The molecule has 7 heteroatoms. The van der Waals surface area contributed by atoms with E-state index in [1.165, 1.54) is 0 Å². The smallest absolute Gasteiger partial charge is 0.415 e. The molecule has 0 saturated heterocycles. The van der Waals surface area contributed by atoms with Crippen molar-refractivity contribution in [2.45, 2.75) is 53.7 Å². The van der Waals surface area contributed by atoms with E-state index in [2.05, 4.69) is 9.97 Å². The number of amides is 1. The van der Waals surface area contributed by atoms with Crippen molar-refractivity contribution in [3.63, 3.8) is 0 Å². The normalized spacial score (nSPS) is 11.3. The second-order valence-electron chi connectivity index (χ2n) is 9.04. The SMILES string of the molecule is COc1c(C)cnc(CN(C(=O)OC(C)(C)C)c2cc(C)cc(-c3ccnc(Cl)c3)c2)c1C. The maximum Gasteiger partial charge on any atom is 0.415 e. The highest BCUT2D eigenvalue weighted by molar-refractivity contribution is 6.29. The molecule has 33 heavy (non-hydrogen) atoms. The average Bonchev–Trinajstić information content (AvgIpc) is 2.72. The highest BCUT2D eigenvalue weighted by atomic mass is 35.5. The van der Waals surface area contributed by atoms with Gasteiger partial charge in [-0.05, 0) is 82.5 Å². The van der Waals surface area contributed by atoms with Gasteiger partial charge in [-0.25, -0.2) is 9.78 Å². The highest BCUT2D eigenvalue weighted by Gasteiger charge is 2.26. The monoisotopic (exact) mass is 467 g/mol. The number of hydrogen-bond acceptors (Lipinski definition) is 5. The molecule has 2 heterocycles. The molecule has 1 amide bonds. The van der Waals surface area contributed by atoms with Crippen molar-refractivity contribution < 1.29 is 14.3 Å². The second kappa shape index (κ2) is 9.79. The molecule has 1 aromatic carbocycles. The van der Waals surface area contributed by atoms with Crippen molar-refractivity contribution >= 4 is 23.4 Å². The van der Waals surface area contributed by atoms with Crippen LogP contribution in [0.2, 0.25) is 5.15 Å². The summed E-state index contributed by atoms with van der Waals surface area (Å²) in [5.74, 6) is 0.764. The number of benzene rings is 1. The molecular formula is C26H30ClN3O3. The molecule has 0 spiro atoms. The summed E-state index contributed by atoms with van der Waals surface area (Å²) in [5, 5.41) is 0.408. The number of hydrogen-bond donors (Lipinski definition) is 0. The largest absolute Gasteiger partial charge is 0.496 e. The van der Waals surface area contributed by atoms with Gasteiger partial charge in [-0.2, -0.15) is 0 Å². The van der Waals surface area contributed by atoms with E-state index in [4.69, 9.17) is 21.1 Å². The molecule has 0 radical (unpaired) electrons. The van der Waals surface area contributed by atoms with Crippen molar-refractivity contribution in [1.82, 2.24) is 9.97 Å². The van der Waals surface area contributed by atoms with Crippen molar-refractivity contribution in [3.05, 3.63) is 70.3 Å². The number of halogens is 1. The van der Waals surface area contributed by atoms with E-state index in [1.807, 2.05) is 65.8 Å². The van der Waals surface area contributed by atoms with Crippen LogP contribution in [-0.2, 0) is 11.3 Å². The maximum absolute atomic E-state index is 13.3. The number of anilines is 1. The number of aryl methyl sites for hydroxylation is 2. The molecule has 0 aliphatic carbocycles. The summed E-state index contributed by atoms with van der Waals surface area (Å²) in [6, 6.07) is 9.63. The Morgan fingerprint density at radius 2 is 1.79 bits per heavy atom. The Kier molecular flexibility index (Phi) is 7.28. The van der Waals surface area contributed by atoms with Crippen LogP contribution in [0.4, 0.5) is 10.5 Å². The second-order valence-corrected chi connectivity index (χ2v) is 9.42. The minimum atomic E-state index is -0.645. The number of ether oxygens (including phenoxy) is 2. The van der Waals surface area contributed by atoms with Gasteiger partial charge in [0.1, 0.15) is 16.5 Å². The van der Waals surface area contributed by atoms with Gasteiger partial charge in [0.25, 0.3) is 0 Å². The predicted octanol–water partition coefficient (Wildman–Crippen LogP) is 6.67. The van der Waals surface area contributed by atoms with E-state index < -0.39 is 11.7 Å². The van der Waals surface area contributed by atoms with Gasteiger partial charge in [-0.15, -0.1) is 0 Å². The first-order chi connectivity index (χ1) is 15.5. The number of rotatable bonds is 5. The van der Waals surface area contributed by atoms with Crippen LogP contribution in [0.25, 0.3) is 11.1 Å². The van der Waals surface area contributed by atoms with Crippen LogP contribution in [0.3, 0.4) is 0 Å². The fourth-order valence-electron chi connectivity index (χ4n) is 3.63. The topological polar surface area (TPSA) is 64.5 Å². The maximum atomic E-state index is 13.3. The fourth-order valence-corrected chi connectivity index (χ4v) is 3.80. The number of aromatic nitrogens is 2. The van der Waals surface area contributed by atoms with E-state index in [0.717, 1.165) is 39.3 Å². The number of carbonyl (C=O) groups excluding carboxylic acids is 1. The number of nitrogens with zero attached hydrogens (tertiary/aromatic N) is 3. The van der Waals surface area contributed by atoms with Gasteiger partial charge >= 0.3 is 6.09 Å². The lowest BCUT2D eigenvalue weighted by molar-refractivity contribution is 0.0577. The van der Waals surface area contributed by atoms with Gasteiger partial charge in [0.05, 0.1) is 19.3 Å². The zero-order chi connectivity index (χ0) is 24.3. The molecule has 0 fully saturated rings. The molecule has 0 unspecified atom stereocenters. The zero-order valence-electron chi connectivity index (χ0n) is 20.2.